The quantitative estimate of drug-likeness (QED) is 0.261. The fraction of sp³-hybridized carbons (Fsp3) is 0.321. The standard InChI is InChI=1S/C28H34O4/c1-9-27(5,6)22-17-23(28(7,8)10-2)26(32-18(3)4)21(25(22)31)15-16-24(30)19-11-13-20(29)14-12-19/h9-18,29,31H,1-2H2,3-8H3/b16-15+. The lowest BCUT2D eigenvalue weighted by atomic mass is 9.76. The third-order valence-corrected chi connectivity index (χ3v) is 5.60. The Bertz CT molecular complexity index is 1040. The molecule has 0 amide bonds. The molecule has 0 spiro atoms. The molecule has 2 N–H and O–H groups in total. The summed E-state index contributed by atoms with van der Waals surface area (Å²) in [6.07, 6.45) is 6.47. The second-order valence-electron chi connectivity index (χ2n) is 9.33. The summed E-state index contributed by atoms with van der Waals surface area (Å²) in [7, 11) is 0. The number of phenolic OH excluding ortho intramolecular Hbond substituents is 2. The van der Waals surface area contributed by atoms with Gasteiger partial charge in [0.25, 0.3) is 0 Å². The average Bonchev–Trinajstić information content (AvgIpc) is 2.73. The molecule has 2 aromatic rings. The van der Waals surface area contributed by atoms with Gasteiger partial charge in [0.15, 0.2) is 5.78 Å². The molecule has 0 aliphatic carbocycles. The van der Waals surface area contributed by atoms with Crippen LogP contribution in [0.2, 0.25) is 0 Å². The topological polar surface area (TPSA) is 66.8 Å². The van der Waals surface area contributed by atoms with Gasteiger partial charge in [-0.1, -0.05) is 39.8 Å². The van der Waals surface area contributed by atoms with Crippen molar-refractivity contribution in [1.29, 1.82) is 0 Å². The Kier molecular flexibility index (Phi) is 7.40. The molecule has 32 heavy (non-hydrogen) atoms. The van der Waals surface area contributed by atoms with E-state index in [1.165, 1.54) is 18.2 Å². The van der Waals surface area contributed by atoms with Crippen molar-refractivity contribution in [3.63, 3.8) is 0 Å². The van der Waals surface area contributed by atoms with Crippen LogP contribution in [0.3, 0.4) is 0 Å². The number of allylic oxidation sites excluding steroid dienone is 3. The van der Waals surface area contributed by atoms with Crippen molar-refractivity contribution in [2.45, 2.75) is 58.5 Å². The Hall–Kier alpha value is -3.27. The normalized spacial score (nSPS) is 12.2. The van der Waals surface area contributed by atoms with Crippen LogP contribution >= 0.6 is 0 Å². The maximum absolute atomic E-state index is 12.7. The Labute approximate surface area is 191 Å². The number of benzene rings is 2. The van der Waals surface area contributed by atoms with Gasteiger partial charge in [-0.2, -0.15) is 0 Å². The SMILES string of the molecule is C=CC(C)(C)c1cc(C(C)(C)C=C)c(OC(C)C)c(/C=C/C(=O)c2ccc(O)cc2)c1O. The Balaban J connectivity index is 2.79. The molecule has 0 atom stereocenters. The number of rotatable bonds is 9. The van der Waals surface area contributed by atoms with E-state index in [1.54, 1.807) is 24.3 Å². The largest absolute Gasteiger partial charge is 0.508 e. The lowest BCUT2D eigenvalue weighted by Crippen LogP contribution is -2.21. The lowest BCUT2D eigenvalue weighted by Gasteiger charge is -2.31. The highest BCUT2D eigenvalue weighted by molar-refractivity contribution is 6.07. The monoisotopic (exact) mass is 434 g/mol. The molecule has 2 aromatic carbocycles. The van der Waals surface area contributed by atoms with Gasteiger partial charge in [-0.15, -0.1) is 13.2 Å². The van der Waals surface area contributed by atoms with E-state index in [4.69, 9.17) is 4.74 Å². The van der Waals surface area contributed by atoms with E-state index >= 15 is 0 Å². The molecule has 0 bridgehead atoms. The maximum atomic E-state index is 12.7. The van der Waals surface area contributed by atoms with E-state index in [0.29, 0.717) is 22.4 Å². The number of phenols is 2. The molecule has 0 aromatic heterocycles. The molecule has 0 saturated carbocycles. The first-order chi connectivity index (χ1) is 14.8. The molecule has 4 heteroatoms. The summed E-state index contributed by atoms with van der Waals surface area (Å²) in [5.41, 5.74) is 1.44. The zero-order valence-electron chi connectivity index (χ0n) is 19.9. The predicted octanol–water partition coefficient (Wildman–Crippen LogP) is 6.71. The molecule has 0 heterocycles. The minimum atomic E-state index is -0.518. The molecule has 0 radical (unpaired) electrons. The summed E-state index contributed by atoms with van der Waals surface area (Å²) in [5.74, 6) is 0.397. The molecule has 0 fully saturated rings. The third kappa shape index (κ3) is 5.31. The van der Waals surface area contributed by atoms with Gasteiger partial charge in [-0.25, -0.2) is 0 Å². The summed E-state index contributed by atoms with van der Waals surface area (Å²) in [5, 5.41) is 20.8. The van der Waals surface area contributed by atoms with Crippen molar-refractivity contribution in [2.24, 2.45) is 0 Å². The van der Waals surface area contributed by atoms with Crippen molar-refractivity contribution in [3.05, 3.63) is 84.0 Å². The van der Waals surface area contributed by atoms with Crippen LogP contribution in [0.15, 0.2) is 61.7 Å². The van der Waals surface area contributed by atoms with Crippen molar-refractivity contribution < 1.29 is 19.7 Å². The van der Waals surface area contributed by atoms with Crippen LogP contribution in [0.1, 0.15) is 68.6 Å². The number of aromatic hydroxyl groups is 2. The summed E-state index contributed by atoms with van der Waals surface area (Å²) >= 11 is 0. The van der Waals surface area contributed by atoms with Crippen molar-refractivity contribution in [3.8, 4) is 17.2 Å². The van der Waals surface area contributed by atoms with Gasteiger partial charge in [0.2, 0.25) is 0 Å². The van der Waals surface area contributed by atoms with Crippen LogP contribution < -0.4 is 4.74 Å². The summed E-state index contributed by atoms with van der Waals surface area (Å²) in [6.45, 7) is 19.7. The van der Waals surface area contributed by atoms with E-state index in [9.17, 15) is 15.0 Å². The molecular weight excluding hydrogens is 400 g/mol. The van der Waals surface area contributed by atoms with Crippen molar-refractivity contribution in [1.82, 2.24) is 0 Å². The Morgan fingerprint density at radius 3 is 2.00 bits per heavy atom. The van der Waals surface area contributed by atoms with Gasteiger partial charge in [0.05, 0.1) is 11.7 Å². The first-order valence-corrected chi connectivity index (χ1v) is 10.7. The second-order valence-corrected chi connectivity index (χ2v) is 9.33. The van der Waals surface area contributed by atoms with Crippen LogP contribution in [-0.2, 0) is 10.8 Å². The molecule has 0 aliphatic heterocycles. The lowest BCUT2D eigenvalue weighted by molar-refractivity contribution is 0.104. The van der Waals surface area contributed by atoms with Gasteiger partial charge in [0.1, 0.15) is 17.2 Å². The Morgan fingerprint density at radius 2 is 1.50 bits per heavy atom. The third-order valence-electron chi connectivity index (χ3n) is 5.60. The molecule has 170 valence electrons. The number of hydrogen-bond donors (Lipinski definition) is 2. The minimum Gasteiger partial charge on any atom is -0.508 e. The maximum Gasteiger partial charge on any atom is 0.185 e. The smallest absolute Gasteiger partial charge is 0.185 e. The van der Waals surface area contributed by atoms with E-state index in [1.807, 2.05) is 53.7 Å². The molecule has 0 aliphatic rings. The van der Waals surface area contributed by atoms with Crippen LogP contribution in [0.25, 0.3) is 6.08 Å². The van der Waals surface area contributed by atoms with Gasteiger partial charge in [-0.05, 0) is 56.3 Å². The van der Waals surface area contributed by atoms with E-state index in [0.717, 1.165) is 5.56 Å². The number of ketones is 1. The van der Waals surface area contributed by atoms with Crippen LogP contribution in [0.4, 0.5) is 0 Å². The highest BCUT2D eigenvalue weighted by atomic mass is 16.5. The number of ether oxygens (including phenoxy) is 1. The summed E-state index contributed by atoms with van der Waals surface area (Å²) in [4.78, 5) is 12.7. The number of carbonyl (C=O) groups excluding carboxylic acids is 1. The average molecular weight is 435 g/mol. The highest BCUT2D eigenvalue weighted by Crippen LogP contribution is 2.46. The number of hydrogen-bond acceptors (Lipinski definition) is 4. The van der Waals surface area contributed by atoms with E-state index in [-0.39, 0.29) is 23.4 Å². The fourth-order valence-corrected chi connectivity index (χ4v) is 3.26. The predicted molar refractivity (Wildman–Crippen MR) is 132 cm³/mol. The van der Waals surface area contributed by atoms with Gasteiger partial charge >= 0.3 is 0 Å². The van der Waals surface area contributed by atoms with Gasteiger partial charge < -0.3 is 14.9 Å². The van der Waals surface area contributed by atoms with Crippen LogP contribution in [0, 0.1) is 0 Å². The zero-order valence-corrected chi connectivity index (χ0v) is 19.9. The second kappa shape index (κ2) is 9.47. The van der Waals surface area contributed by atoms with Gasteiger partial charge in [-0.3, -0.25) is 4.79 Å². The fourth-order valence-electron chi connectivity index (χ4n) is 3.26. The first-order valence-electron chi connectivity index (χ1n) is 10.7. The number of carbonyl (C=O) groups is 1. The van der Waals surface area contributed by atoms with E-state index in [2.05, 4.69) is 13.2 Å². The zero-order chi connectivity index (χ0) is 24.3. The summed E-state index contributed by atoms with van der Waals surface area (Å²) < 4.78 is 6.17. The first kappa shape index (κ1) is 25.0. The van der Waals surface area contributed by atoms with Crippen LogP contribution in [-0.4, -0.2) is 22.1 Å². The molecule has 0 unspecified atom stereocenters. The van der Waals surface area contributed by atoms with Crippen molar-refractivity contribution >= 4 is 11.9 Å². The van der Waals surface area contributed by atoms with Gasteiger partial charge in [0, 0.05) is 27.5 Å². The minimum absolute atomic E-state index is 0.0453. The molecular formula is C28H34O4. The summed E-state index contributed by atoms with van der Waals surface area (Å²) in [6, 6.07) is 7.97. The van der Waals surface area contributed by atoms with E-state index < -0.39 is 10.8 Å². The van der Waals surface area contributed by atoms with Crippen LogP contribution in [0.5, 0.6) is 17.2 Å². The molecule has 2 rings (SSSR count). The highest BCUT2D eigenvalue weighted by Gasteiger charge is 2.31. The molecule has 4 nitrogen and oxygen atoms in total. The van der Waals surface area contributed by atoms with Crippen molar-refractivity contribution in [2.75, 3.05) is 0 Å². The molecule has 0 saturated heterocycles. The Morgan fingerprint density at radius 1 is 0.969 bits per heavy atom.